The van der Waals surface area contributed by atoms with Crippen molar-refractivity contribution in [2.75, 3.05) is 18.5 Å². The van der Waals surface area contributed by atoms with Gasteiger partial charge in [0.05, 0.1) is 0 Å². The first-order chi connectivity index (χ1) is 9.33. The topological polar surface area (TPSA) is 30.5 Å². The zero-order valence-electron chi connectivity index (χ0n) is 10.4. The summed E-state index contributed by atoms with van der Waals surface area (Å²) in [5.74, 6) is 1.66. The van der Waals surface area contributed by atoms with Crippen LogP contribution < -0.4 is 14.8 Å². The van der Waals surface area contributed by atoms with Crippen molar-refractivity contribution in [1.82, 2.24) is 0 Å². The zero-order valence-corrected chi connectivity index (χ0v) is 11.1. The molecule has 4 heteroatoms. The van der Waals surface area contributed by atoms with E-state index >= 15 is 0 Å². The molecule has 0 atom stereocenters. The van der Waals surface area contributed by atoms with Crippen LogP contribution in [0.15, 0.2) is 42.5 Å². The number of hydrogen-bond acceptors (Lipinski definition) is 3. The van der Waals surface area contributed by atoms with E-state index in [9.17, 15) is 0 Å². The van der Waals surface area contributed by atoms with E-state index in [1.54, 1.807) is 0 Å². The van der Waals surface area contributed by atoms with E-state index in [1.807, 2.05) is 42.5 Å². The van der Waals surface area contributed by atoms with Crippen LogP contribution in [0.1, 0.15) is 5.56 Å². The van der Waals surface area contributed by atoms with Gasteiger partial charge in [-0.25, -0.2) is 0 Å². The molecule has 98 valence electrons. The molecule has 0 bridgehead atoms. The van der Waals surface area contributed by atoms with Gasteiger partial charge in [0.2, 0.25) is 0 Å². The molecule has 0 amide bonds. The van der Waals surface area contributed by atoms with E-state index in [2.05, 4.69) is 5.32 Å². The minimum atomic E-state index is 0.602. The van der Waals surface area contributed by atoms with E-state index < -0.39 is 0 Å². The quantitative estimate of drug-likeness (QED) is 0.926. The zero-order chi connectivity index (χ0) is 13.1. The largest absolute Gasteiger partial charge is 0.486 e. The molecule has 2 aromatic rings. The maximum absolute atomic E-state index is 5.86. The van der Waals surface area contributed by atoms with E-state index in [1.165, 1.54) is 0 Å². The van der Waals surface area contributed by atoms with Crippen molar-refractivity contribution >= 4 is 17.3 Å². The van der Waals surface area contributed by atoms with Gasteiger partial charge in [0.25, 0.3) is 0 Å². The summed E-state index contributed by atoms with van der Waals surface area (Å²) in [5, 5.41) is 4.08. The van der Waals surface area contributed by atoms with E-state index in [0.717, 1.165) is 27.8 Å². The molecule has 1 heterocycles. The van der Waals surface area contributed by atoms with Crippen LogP contribution in [0.3, 0.4) is 0 Å². The van der Waals surface area contributed by atoms with Crippen molar-refractivity contribution < 1.29 is 9.47 Å². The lowest BCUT2D eigenvalue weighted by Gasteiger charge is -2.21. The van der Waals surface area contributed by atoms with Gasteiger partial charge in [0.1, 0.15) is 13.2 Å². The van der Waals surface area contributed by atoms with Gasteiger partial charge in [-0.1, -0.05) is 23.7 Å². The number of fused-ring (bicyclic) bond motifs is 1. The maximum Gasteiger partial charge on any atom is 0.166 e. The summed E-state index contributed by atoms with van der Waals surface area (Å²) < 4.78 is 11.2. The number of halogens is 1. The first-order valence-corrected chi connectivity index (χ1v) is 6.58. The fraction of sp³-hybridized carbons (Fsp3) is 0.200. The highest BCUT2D eigenvalue weighted by molar-refractivity contribution is 6.30. The van der Waals surface area contributed by atoms with Crippen LogP contribution in [-0.2, 0) is 6.54 Å². The number of para-hydroxylation sites is 1. The molecule has 0 saturated carbocycles. The van der Waals surface area contributed by atoms with Crippen LogP contribution >= 0.6 is 11.6 Å². The van der Waals surface area contributed by atoms with Crippen LogP contribution in [0.25, 0.3) is 0 Å². The predicted octanol–water partition coefficient (Wildman–Crippen LogP) is 3.72. The average molecular weight is 276 g/mol. The SMILES string of the molecule is Clc1ccc(NCc2cccc3c2OCCO3)cc1. The highest BCUT2D eigenvalue weighted by atomic mass is 35.5. The van der Waals surface area contributed by atoms with Gasteiger partial charge in [-0.15, -0.1) is 0 Å². The maximum atomic E-state index is 5.86. The summed E-state index contributed by atoms with van der Waals surface area (Å²) in [6.45, 7) is 1.90. The second kappa shape index (κ2) is 5.41. The fourth-order valence-electron chi connectivity index (χ4n) is 2.04. The molecule has 3 rings (SSSR count). The summed E-state index contributed by atoms with van der Waals surface area (Å²) >= 11 is 5.86. The highest BCUT2D eigenvalue weighted by Crippen LogP contribution is 2.33. The molecule has 3 nitrogen and oxygen atoms in total. The second-order valence-electron chi connectivity index (χ2n) is 4.30. The molecule has 1 N–H and O–H groups in total. The molecule has 0 unspecified atom stereocenters. The third kappa shape index (κ3) is 2.76. The molecule has 0 fully saturated rings. The molecule has 0 saturated heterocycles. The Labute approximate surface area is 117 Å². The van der Waals surface area contributed by atoms with Gasteiger partial charge in [0, 0.05) is 22.8 Å². The summed E-state index contributed by atoms with van der Waals surface area (Å²) in [4.78, 5) is 0. The summed E-state index contributed by atoms with van der Waals surface area (Å²) in [6, 6.07) is 13.6. The first kappa shape index (κ1) is 12.2. The molecule has 1 aliphatic rings. The normalized spacial score (nSPS) is 13.1. The molecule has 0 radical (unpaired) electrons. The average Bonchev–Trinajstić information content (AvgIpc) is 2.47. The van der Waals surface area contributed by atoms with Crippen molar-refractivity contribution in [2.45, 2.75) is 6.54 Å². The Bertz CT molecular complexity index is 569. The number of nitrogens with one attached hydrogen (secondary N) is 1. The number of hydrogen-bond donors (Lipinski definition) is 1. The first-order valence-electron chi connectivity index (χ1n) is 6.20. The van der Waals surface area contributed by atoms with Gasteiger partial charge in [-0.2, -0.15) is 0 Å². The Kier molecular flexibility index (Phi) is 3.47. The smallest absolute Gasteiger partial charge is 0.166 e. The summed E-state index contributed by atoms with van der Waals surface area (Å²) in [7, 11) is 0. The van der Waals surface area contributed by atoms with Gasteiger partial charge >= 0.3 is 0 Å². The number of anilines is 1. The fourth-order valence-corrected chi connectivity index (χ4v) is 2.16. The highest BCUT2D eigenvalue weighted by Gasteiger charge is 2.14. The predicted molar refractivity (Wildman–Crippen MR) is 76.2 cm³/mol. The summed E-state index contributed by atoms with van der Waals surface area (Å²) in [6.07, 6.45) is 0. The van der Waals surface area contributed by atoms with Crippen molar-refractivity contribution in [3.05, 3.63) is 53.1 Å². The van der Waals surface area contributed by atoms with Crippen LogP contribution in [0.2, 0.25) is 5.02 Å². The van der Waals surface area contributed by atoms with Gasteiger partial charge in [-0.05, 0) is 30.3 Å². The minimum absolute atomic E-state index is 0.602. The molecule has 19 heavy (non-hydrogen) atoms. The standard InChI is InChI=1S/C15H14ClNO2/c16-12-4-6-13(7-5-12)17-10-11-2-1-3-14-15(11)19-9-8-18-14/h1-7,17H,8-10H2. The van der Waals surface area contributed by atoms with Crippen molar-refractivity contribution in [1.29, 1.82) is 0 Å². The Hall–Kier alpha value is -1.87. The van der Waals surface area contributed by atoms with Crippen molar-refractivity contribution in [3.8, 4) is 11.5 Å². The van der Waals surface area contributed by atoms with E-state index in [4.69, 9.17) is 21.1 Å². The minimum Gasteiger partial charge on any atom is -0.486 e. The third-order valence-electron chi connectivity index (χ3n) is 2.97. The molecule has 1 aliphatic heterocycles. The number of ether oxygens (including phenoxy) is 2. The number of rotatable bonds is 3. The van der Waals surface area contributed by atoms with Crippen LogP contribution in [0.5, 0.6) is 11.5 Å². The Balaban J connectivity index is 1.75. The Morgan fingerprint density at radius 3 is 2.63 bits per heavy atom. The summed E-state index contributed by atoms with van der Waals surface area (Å²) in [5.41, 5.74) is 2.12. The molecule has 0 spiro atoms. The molecular weight excluding hydrogens is 262 g/mol. The molecule has 0 aromatic heterocycles. The lowest BCUT2D eigenvalue weighted by atomic mass is 10.1. The Morgan fingerprint density at radius 1 is 1.00 bits per heavy atom. The van der Waals surface area contributed by atoms with E-state index in [-0.39, 0.29) is 0 Å². The van der Waals surface area contributed by atoms with E-state index in [0.29, 0.717) is 19.8 Å². The van der Waals surface area contributed by atoms with Crippen LogP contribution in [0, 0.1) is 0 Å². The monoisotopic (exact) mass is 275 g/mol. The van der Waals surface area contributed by atoms with Crippen LogP contribution in [0.4, 0.5) is 5.69 Å². The lowest BCUT2D eigenvalue weighted by molar-refractivity contribution is 0.170. The third-order valence-corrected chi connectivity index (χ3v) is 3.23. The van der Waals surface area contributed by atoms with Gasteiger partial charge in [-0.3, -0.25) is 0 Å². The lowest BCUT2D eigenvalue weighted by Crippen LogP contribution is -2.17. The van der Waals surface area contributed by atoms with Gasteiger partial charge in [0.15, 0.2) is 11.5 Å². The Morgan fingerprint density at radius 2 is 1.79 bits per heavy atom. The van der Waals surface area contributed by atoms with Gasteiger partial charge < -0.3 is 14.8 Å². The number of benzene rings is 2. The molecule has 0 aliphatic carbocycles. The van der Waals surface area contributed by atoms with Crippen LogP contribution in [-0.4, -0.2) is 13.2 Å². The van der Waals surface area contributed by atoms with Crippen molar-refractivity contribution in [2.24, 2.45) is 0 Å². The second-order valence-corrected chi connectivity index (χ2v) is 4.74. The molecular formula is C15H14ClNO2. The molecule has 2 aromatic carbocycles. The van der Waals surface area contributed by atoms with Crippen molar-refractivity contribution in [3.63, 3.8) is 0 Å².